The van der Waals surface area contributed by atoms with Crippen LogP contribution in [0.5, 0.6) is 5.75 Å². The molecule has 1 atom stereocenters. The van der Waals surface area contributed by atoms with Crippen molar-refractivity contribution in [1.29, 1.82) is 0 Å². The van der Waals surface area contributed by atoms with Crippen LogP contribution >= 0.6 is 0 Å². The fourth-order valence-corrected chi connectivity index (χ4v) is 3.40. The van der Waals surface area contributed by atoms with E-state index in [9.17, 15) is 0 Å². The van der Waals surface area contributed by atoms with Crippen LogP contribution in [0.25, 0.3) is 0 Å². The predicted molar refractivity (Wildman–Crippen MR) is 77.6 cm³/mol. The van der Waals surface area contributed by atoms with Crippen LogP contribution < -0.4 is 10.1 Å². The number of methoxy groups -OCH3 is 1. The molecule has 2 heterocycles. The second-order valence-electron chi connectivity index (χ2n) is 6.33. The number of hydrogen-bond donors (Lipinski definition) is 1. The van der Waals surface area contributed by atoms with Crippen LogP contribution in [0, 0.1) is 5.41 Å². The Labute approximate surface area is 115 Å². The third kappa shape index (κ3) is 2.77. The molecule has 3 heteroatoms. The molecule has 0 amide bonds. The Bertz CT molecular complexity index is 452. The number of benzene rings is 1. The van der Waals surface area contributed by atoms with Gasteiger partial charge in [0.1, 0.15) is 5.75 Å². The van der Waals surface area contributed by atoms with Gasteiger partial charge in [0.2, 0.25) is 0 Å². The van der Waals surface area contributed by atoms with Crippen LogP contribution in [0.3, 0.4) is 0 Å². The summed E-state index contributed by atoms with van der Waals surface area (Å²) in [6.07, 6.45) is 2.47. The molecule has 2 aliphatic heterocycles. The van der Waals surface area contributed by atoms with E-state index in [1.165, 1.54) is 43.6 Å². The van der Waals surface area contributed by atoms with E-state index in [0.29, 0.717) is 5.41 Å². The van der Waals surface area contributed by atoms with Crippen molar-refractivity contribution in [3.8, 4) is 5.75 Å². The monoisotopic (exact) mass is 260 g/mol. The molecule has 1 fully saturated rings. The van der Waals surface area contributed by atoms with E-state index in [1.54, 1.807) is 7.11 Å². The van der Waals surface area contributed by atoms with Gasteiger partial charge in [-0.15, -0.1) is 0 Å². The molecule has 19 heavy (non-hydrogen) atoms. The van der Waals surface area contributed by atoms with Gasteiger partial charge in [-0.2, -0.15) is 0 Å². The average molecular weight is 260 g/mol. The van der Waals surface area contributed by atoms with Crippen LogP contribution in [0.4, 0.5) is 0 Å². The van der Waals surface area contributed by atoms with E-state index in [0.717, 1.165) is 18.8 Å². The van der Waals surface area contributed by atoms with Crippen molar-refractivity contribution < 1.29 is 4.74 Å². The topological polar surface area (TPSA) is 24.5 Å². The lowest BCUT2D eigenvalue weighted by atomic mass is 9.88. The molecule has 104 valence electrons. The van der Waals surface area contributed by atoms with E-state index < -0.39 is 0 Å². The number of nitrogens with one attached hydrogen (secondary N) is 1. The Kier molecular flexibility index (Phi) is 3.50. The summed E-state index contributed by atoms with van der Waals surface area (Å²) >= 11 is 0. The van der Waals surface area contributed by atoms with Crippen molar-refractivity contribution in [3.05, 3.63) is 29.3 Å². The second-order valence-corrected chi connectivity index (χ2v) is 6.33. The van der Waals surface area contributed by atoms with E-state index in [-0.39, 0.29) is 0 Å². The van der Waals surface area contributed by atoms with Crippen molar-refractivity contribution >= 4 is 0 Å². The maximum atomic E-state index is 5.34. The number of fused-ring (bicyclic) bond motifs is 1. The molecule has 0 radical (unpaired) electrons. The van der Waals surface area contributed by atoms with Crippen LogP contribution in [0.15, 0.2) is 18.2 Å². The minimum absolute atomic E-state index is 0.455. The Morgan fingerprint density at radius 2 is 2.26 bits per heavy atom. The summed E-state index contributed by atoms with van der Waals surface area (Å²) in [5.41, 5.74) is 3.39. The van der Waals surface area contributed by atoms with Crippen LogP contribution in [0.2, 0.25) is 0 Å². The highest BCUT2D eigenvalue weighted by Crippen LogP contribution is 2.29. The van der Waals surface area contributed by atoms with Gasteiger partial charge in [-0.3, -0.25) is 4.90 Å². The van der Waals surface area contributed by atoms with Gasteiger partial charge in [0.05, 0.1) is 7.11 Å². The minimum atomic E-state index is 0.455. The molecule has 1 saturated heterocycles. The number of rotatable bonds is 3. The van der Waals surface area contributed by atoms with Gasteiger partial charge in [-0.1, -0.05) is 13.0 Å². The lowest BCUT2D eigenvalue weighted by Crippen LogP contribution is -2.40. The number of hydrogen-bond acceptors (Lipinski definition) is 3. The largest absolute Gasteiger partial charge is 0.497 e. The first kappa shape index (κ1) is 12.9. The van der Waals surface area contributed by atoms with Crippen molar-refractivity contribution in [3.63, 3.8) is 0 Å². The molecule has 0 aliphatic carbocycles. The van der Waals surface area contributed by atoms with E-state index in [4.69, 9.17) is 4.74 Å². The summed E-state index contributed by atoms with van der Waals surface area (Å²) < 4.78 is 5.34. The van der Waals surface area contributed by atoms with Gasteiger partial charge in [0, 0.05) is 26.2 Å². The standard InChI is InChI=1S/C16H24N2O/c1-16(6-7-17-11-16)12-18-8-5-13-3-4-15(19-2)9-14(13)10-18/h3-4,9,17H,5-8,10-12H2,1-2H3. The molecule has 3 rings (SSSR count). The highest BCUT2D eigenvalue weighted by molar-refractivity contribution is 5.37. The number of nitrogens with zero attached hydrogens (tertiary/aromatic N) is 1. The zero-order valence-corrected chi connectivity index (χ0v) is 12.0. The van der Waals surface area contributed by atoms with E-state index >= 15 is 0 Å². The van der Waals surface area contributed by atoms with Gasteiger partial charge in [0.25, 0.3) is 0 Å². The quantitative estimate of drug-likeness (QED) is 0.900. The normalized spacial score (nSPS) is 27.3. The Morgan fingerprint density at radius 1 is 1.37 bits per heavy atom. The smallest absolute Gasteiger partial charge is 0.119 e. The summed E-state index contributed by atoms with van der Waals surface area (Å²) in [5, 5.41) is 3.49. The SMILES string of the molecule is COc1ccc2c(c1)CN(CC1(C)CCNC1)CC2. The van der Waals surface area contributed by atoms with Crippen LogP contribution in [-0.4, -0.2) is 38.2 Å². The summed E-state index contributed by atoms with van der Waals surface area (Å²) in [5.74, 6) is 0.981. The Balaban J connectivity index is 1.70. The first-order valence-electron chi connectivity index (χ1n) is 7.27. The fourth-order valence-electron chi connectivity index (χ4n) is 3.40. The van der Waals surface area contributed by atoms with Gasteiger partial charge in [-0.05, 0) is 48.1 Å². The average Bonchev–Trinajstić information content (AvgIpc) is 2.84. The minimum Gasteiger partial charge on any atom is -0.497 e. The molecule has 1 unspecified atom stereocenters. The third-order valence-electron chi connectivity index (χ3n) is 4.57. The van der Waals surface area contributed by atoms with Crippen LogP contribution in [-0.2, 0) is 13.0 Å². The lowest BCUT2D eigenvalue weighted by Gasteiger charge is -2.35. The van der Waals surface area contributed by atoms with Crippen molar-refractivity contribution in [2.75, 3.05) is 33.3 Å². The summed E-state index contributed by atoms with van der Waals surface area (Å²) in [6, 6.07) is 6.51. The van der Waals surface area contributed by atoms with E-state index in [2.05, 4.69) is 35.3 Å². The summed E-state index contributed by atoms with van der Waals surface area (Å²) in [7, 11) is 1.74. The van der Waals surface area contributed by atoms with Gasteiger partial charge in [-0.25, -0.2) is 0 Å². The van der Waals surface area contributed by atoms with Crippen molar-refractivity contribution in [2.45, 2.75) is 26.3 Å². The molecule has 1 N–H and O–H groups in total. The zero-order chi connectivity index (χ0) is 13.3. The first-order chi connectivity index (χ1) is 9.18. The summed E-state index contributed by atoms with van der Waals surface area (Å²) in [6.45, 7) is 8.21. The first-order valence-corrected chi connectivity index (χ1v) is 7.27. The van der Waals surface area contributed by atoms with E-state index in [1.807, 2.05) is 0 Å². The molecule has 3 nitrogen and oxygen atoms in total. The molecule has 0 bridgehead atoms. The highest BCUT2D eigenvalue weighted by Gasteiger charge is 2.31. The molecule has 1 aromatic carbocycles. The Morgan fingerprint density at radius 3 is 3.00 bits per heavy atom. The maximum absolute atomic E-state index is 5.34. The second kappa shape index (κ2) is 5.14. The molecule has 2 aliphatic rings. The van der Waals surface area contributed by atoms with Crippen molar-refractivity contribution in [1.82, 2.24) is 10.2 Å². The third-order valence-corrected chi connectivity index (χ3v) is 4.57. The molecule has 0 saturated carbocycles. The van der Waals surface area contributed by atoms with Crippen molar-refractivity contribution in [2.24, 2.45) is 5.41 Å². The maximum Gasteiger partial charge on any atom is 0.119 e. The number of ether oxygens (including phenoxy) is 1. The lowest BCUT2D eigenvalue weighted by molar-refractivity contribution is 0.164. The predicted octanol–water partition coefficient (Wildman–Crippen LogP) is 2.05. The molecule has 0 spiro atoms. The van der Waals surface area contributed by atoms with Gasteiger partial charge >= 0.3 is 0 Å². The van der Waals surface area contributed by atoms with Gasteiger partial charge < -0.3 is 10.1 Å². The van der Waals surface area contributed by atoms with Crippen LogP contribution in [0.1, 0.15) is 24.5 Å². The molecular weight excluding hydrogens is 236 g/mol. The molecule has 1 aromatic rings. The summed E-state index contributed by atoms with van der Waals surface area (Å²) in [4.78, 5) is 2.61. The zero-order valence-electron chi connectivity index (χ0n) is 12.0. The molecule has 0 aromatic heterocycles. The fraction of sp³-hybridized carbons (Fsp3) is 0.625. The Hall–Kier alpha value is -1.06. The highest BCUT2D eigenvalue weighted by atomic mass is 16.5. The molecular formula is C16H24N2O. The van der Waals surface area contributed by atoms with Gasteiger partial charge in [0.15, 0.2) is 0 Å².